The van der Waals surface area contributed by atoms with Gasteiger partial charge in [-0.15, -0.1) is 0 Å². The maximum Gasteiger partial charge on any atom is 0.317 e. The third-order valence-corrected chi connectivity index (χ3v) is 2.78. The average Bonchev–Trinajstić information content (AvgIpc) is 2.30. The first-order chi connectivity index (χ1) is 8.88. The first kappa shape index (κ1) is 15.2. The maximum absolute atomic E-state index is 11.9. The molecule has 1 N–H and O–H groups in total. The van der Waals surface area contributed by atoms with Crippen LogP contribution in [-0.2, 0) is 16.1 Å². The molecule has 104 valence electrons. The Kier molecular flexibility index (Phi) is 5.51. The normalized spacial score (nSPS) is 10.5. The molecule has 0 bridgehead atoms. The van der Waals surface area contributed by atoms with Crippen LogP contribution in [0.2, 0.25) is 0 Å². The fraction of sp³-hybridized carbons (Fsp3) is 0.429. The zero-order valence-electron chi connectivity index (χ0n) is 11.6. The van der Waals surface area contributed by atoms with Crippen LogP contribution in [0.1, 0.15) is 11.1 Å². The molecule has 1 aromatic carbocycles. The number of hydrogen-bond acceptors (Lipinski definition) is 3. The number of carbonyl (C=O) groups is 2. The van der Waals surface area contributed by atoms with E-state index in [1.807, 2.05) is 31.2 Å². The van der Waals surface area contributed by atoms with Gasteiger partial charge in [-0.2, -0.15) is 0 Å². The lowest BCUT2D eigenvalue weighted by Gasteiger charge is -2.21. The number of aryl methyl sites for hydroxylation is 1. The molecule has 0 fully saturated rings. The van der Waals surface area contributed by atoms with Crippen molar-refractivity contribution in [3.05, 3.63) is 35.4 Å². The lowest BCUT2D eigenvalue weighted by Crippen LogP contribution is -2.38. The van der Waals surface area contributed by atoms with Gasteiger partial charge < -0.3 is 10.0 Å². The van der Waals surface area contributed by atoms with Crippen LogP contribution in [0.4, 0.5) is 0 Å². The van der Waals surface area contributed by atoms with Gasteiger partial charge >= 0.3 is 5.97 Å². The second-order valence-electron chi connectivity index (χ2n) is 4.80. The van der Waals surface area contributed by atoms with E-state index in [0.29, 0.717) is 6.54 Å². The highest BCUT2D eigenvalue weighted by Crippen LogP contribution is 2.06. The van der Waals surface area contributed by atoms with E-state index in [2.05, 4.69) is 0 Å². The lowest BCUT2D eigenvalue weighted by atomic mass is 10.1. The van der Waals surface area contributed by atoms with Crippen molar-refractivity contribution < 1.29 is 14.7 Å². The van der Waals surface area contributed by atoms with Crippen LogP contribution in [0, 0.1) is 6.92 Å². The third-order valence-electron chi connectivity index (χ3n) is 2.78. The number of hydrogen-bond donors (Lipinski definition) is 1. The third kappa shape index (κ3) is 5.52. The number of carbonyl (C=O) groups excluding carboxylic acids is 1. The molecule has 1 rings (SSSR count). The second-order valence-corrected chi connectivity index (χ2v) is 4.80. The number of likely N-dealkylation sites (N-methyl/N-ethyl adjacent to an activating group) is 2. The topological polar surface area (TPSA) is 60.9 Å². The van der Waals surface area contributed by atoms with Gasteiger partial charge in [0, 0.05) is 13.6 Å². The largest absolute Gasteiger partial charge is 0.480 e. The molecule has 0 saturated carbocycles. The predicted octanol–water partition coefficient (Wildman–Crippen LogP) is 0.970. The Hall–Kier alpha value is -1.88. The molecule has 0 spiro atoms. The molecule has 1 aromatic rings. The minimum Gasteiger partial charge on any atom is -0.480 e. The Bertz CT molecular complexity index is 443. The van der Waals surface area contributed by atoms with E-state index < -0.39 is 5.97 Å². The molecule has 0 aliphatic heterocycles. The molecule has 0 aliphatic rings. The van der Waals surface area contributed by atoms with Gasteiger partial charge in [-0.25, -0.2) is 0 Å². The summed E-state index contributed by atoms with van der Waals surface area (Å²) in [5.74, 6) is -1.03. The number of rotatable bonds is 6. The van der Waals surface area contributed by atoms with E-state index in [1.165, 1.54) is 10.5 Å². The van der Waals surface area contributed by atoms with E-state index in [-0.39, 0.29) is 19.0 Å². The highest BCUT2D eigenvalue weighted by molar-refractivity contribution is 5.78. The van der Waals surface area contributed by atoms with Crippen molar-refractivity contribution in [2.24, 2.45) is 0 Å². The molecular formula is C14H20N2O3. The van der Waals surface area contributed by atoms with Crippen LogP contribution in [0.15, 0.2) is 24.3 Å². The molecule has 0 aromatic heterocycles. The molecule has 0 unspecified atom stereocenters. The summed E-state index contributed by atoms with van der Waals surface area (Å²) in [6.45, 7) is 2.51. The number of aliphatic carboxylic acids is 1. The molecule has 0 saturated heterocycles. The van der Waals surface area contributed by atoms with Crippen LogP contribution in [-0.4, -0.2) is 54.0 Å². The van der Waals surface area contributed by atoms with Crippen molar-refractivity contribution in [3.8, 4) is 0 Å². The standard InChI is InChI=1S/C14H20N2O3/c1-11-4-6-12(7-5-11)8-16(3)13(17)9-15(2)10-14(18)19/h4-7H,8-10H2,1-3H3,(H,18,19). The van der Waals surface area contributed by atoms with E-state index in [0.717, 1.165) is 5.56 Å². The Balaban J connectivity index is 2.48. The molecule has 1 amide bonds. The van der Waals surface area contributed by atoms with Crippen LogP contribution in [0.25, 0.3) is 0 Å². The summed E-state index contributed by atoms with van der Waals surface area (Å²) >= 11 is 0. The molecule has 0 radical (unpaired) electrons. The number of carboxylic acid groups (broad SMARTS) is 1. The molecular weight excluding hydrogens is 244 g/mol. The van der Waals surface area contributed by atoms with E-state index in [1.54, 1.807) is 19.0 Å². The minimum absolute atomic E-state index is 0.0932. The van der Waals surface area contributed by atoms with E-state index >= 15 is 0 Å². The Morgan fingerprint density at radius 2 is 1.68 bits per heavy atom. The summed E-state index contributed by atoms with van der Waals surface area (Å²) in [4.78, 5) is 25.5. The zero-order chi connectivity index (χ0) is 14.4. The summed E-state index contributed by atoms with van der Waals surface area (Å²) in [5, 5.41) is 8.63. The van der Waals surface area contributed by atoms with Gasteiger partial charge in [0.05, 0.1) is 13.1 Å². The summed E-state index contributed by atoms with van der Waals surface area (Å²) in [6, 6.07) is 7.98. The molecule has 0 atom stereocenters. The van der Waals surface area contributed by atoms with Crippen molar-refractivity contribution in [1.29, 1.82) is 0 Å². The summed E-state index contributed by atoms with van der Waals surface area (Å²) < 4.78 is 0. The highest BCUT2D eigenvalue weighted by Gasteiger charge is 2.13. The number of amides is 1. The summed E-state index contributed by atoms with van der Waals surface area (Å²) in [7, 11) is 3.34. The first-order valence-corrected chi connectivity index (χ1v) is 6.08. The van der Waals surface area contributed by atoms with Gasteiger partial charge in [-0.3, -0.25) is 14.5 Å². The van der Waals surface area contributed by atoms with Gasteiger partial charge in [0.25, 0.3) is 0 Å². The lowest BCUT2D eigenvalue weighted by molar-refractivity contribution is -0.139. The maximum atomic E-state index is 11.9. The van der Waals surface area contributed by atoms with Crippen LogP contribution in [0.5, 0.6) is 0 Å². The molecule has 5 heteroatoms. The molecule has 0 aliphatic carbocycles. The zero-order valence-corrected chi connectivity index (χ0v) is 11.6. The number of nitrogens with zero attached hydrogens (tertiary/aromatic N) is 2. The first-order valence-electron chi connectivity index (χ1n) is 6.08. The second kappa shape index (κ2) is 6.89. The number of carboxylic acids is 1. The molecule has 19 heavy (non-hydrogen) atoms. The van der Waals surface area contributed by atoms with Crippen molar-refractivity contribution in [3.63, 3.8) is 0 Å². The van der Waals surface area contributed by atoms with Gasteiger partial charge in [-0.1, -0.05) is 29.8 Å². The van der Waals surface area contributed by atoms with Crippen LogP contribution >= 0.6 is 0 Å². The van der Waals surface area contributed by atoms with Crippen LogP contribution in [0.3, 0.4) is 0 Å². The van der Waals surface area contributed by atoms with E-state index in [9.17, 15) is 9.59 Å². The fourth-order valence-electron chi connectivity index (χ4n) is 1.69. The van der Waals surface area contributed by atoms with Crippen molar-refractivity contribution in [2.45, 2.75) is 13.5 Å². The summed E-state index contributed by atoms with van der Waals surface area (Å²) in [6.07, 6.45) is 0. The number of benzene rings is 1. The minimum atomic E-state index is -0.934. The fourth-order valence-corrected chi connectivity index (χ4v) is 1.69. The highest BCUT2D eigenvalue weighted by atomic mass is 16.4. The monoisotopic (exact) mass is 264 g/mol. The average molecular weight is 264 g/mol. The smallest absolute Gasteiger partial charge is 0.317 e. The Morgan fingerprint density at radius 1 is 1.11 bits per heavy atom. The summed E-state index contributed by atoms with van der Waals surface area (Å²) in [5.41, 5.74) is 2.24. The van der Waals surface area contributed by atoms with Gasteiger partial charge in [0.1, 0.15) is 0 Å². The van der Waals surface area contributed by atoms with Crippen molar-refractivity contribution in [1.82, 2.24) is 9.80 Å². The van der Waals surface area contributed by atoms with Crippen molar-refractivity contribution >= 4 is 11.9 Å². The molecule has 5 nitrogen and oxygen atoms in total. The van der Waals surface area contributed by atoms with Crippen LogP contribution < -0.4 is 0 Å². The van der Waals surface area contributed by atoms with Gasteiger partial charge in [0.2, 0.25) is 5.91 Å². The quantitative estimate of drug-likeness (QED) is 0.831. The Labute approximate surface area is 113 Å². The predicted molar refractivity (Wildman–Crippen MR) is 72.8 cm³/mol. The van der Waals surface area contributed by atoms with E-state index in [4.69, 9.17) is 5.11 Å². The Morgan fingerprint density at radius 3 is 2.21 bits per heavy atom. The van der Waals surface area contributed by atoms with Crippen molar-refractivity contribution in [2.75, 3.05) is 27.2 Å². The molecule has 0 heterocycles. The van der Waals surface area contributed by atoms with Gasteiger partial charge in [-0.05, 0) is 19.5 Å². The van der Waals surface area contributed by atoms with Gasteiger partial charge in [0.15, 0.2) is 0 Å². The SMILES string of the molecule is Cc1ccc(CN(C)C(=O)CN(C)CC(=O)O)cc1.